The first-order chi connectivity index (χ1) is 9.74. The van der Waals surface area contributed by atoms with Crippen molar-refractivity contribution < 1.29 is 4.39 Å². The summed E-state index contributed by atoms with van der Waals surface area (Å²) in [4.78, 5) is 3.67. The number of thiophene rings is 1. The SMILES string of the molecule is Cc1ccsc1CNCCN1CCc2ccc(F)cc21. The Kier molecular flexibility index (Phi) is 4.03. The van der Waals surface area contributed by atoms with Crippen LogP contribution in [0.3, 0.4) is 0 Å². The van der Waals surface area contributed by atoms with E-state index in [-0.39, 0.29) is 5.82 Å². The highest BCUT2D eigenvalue weighted by Crippen LogP contribution is 2.28. The van der Waals surface area contributed by atoms with Crippen LogP contribution in [0.4, 0.5) is 10.1 Å². The number of aryl methyl sites for hydroxylation is 1. The molecule has 2 heterocycles. The lowest BCUT2D eigenvalue weighted by molar-refractivity contribution is 0.626. The molecule has 20 heavy (non-hydrogen) atoms. The third kappa shape index (κ3) is 2.86. The summed E-state index contributed by atoms with van der Waals surface area (Å²) in [7, 11) is 0. The van der Waals surface area contributed by atoms with Crippen LogP contribution in [-0.2, 0) is 13.0 Å². The predicted molar refractivity (Wildman–Crippen MR) is 83.1 cm³/mol. The van der Waals surface area contributed by atoms with Gasteiger partial charge in [0.15, 0.2) is 0 Å². The summed E-state index contributed by atoms with van der Waals surface area (Å²) in [6.07, 6.45) is 1.03. The molecule has 2 nitrogen and oxygen atoms in total. The maximum atomic E-state index is 13.3. The molecule has 2 aromatic rings. The van der Waals surface area contributed by atoms with Gasteiger partial charge in [0.05, 0.1) is 0 Å². The third-order valence-electron chi connectivity index (χ3n) is 3.85. The minimum atomic E-state index is -0.141. The zero-order chi connectivity index (χ0) is 13.9. The summed E-state index contributed by atoms with van der Waals surface area (Å²) in [5.41, 5.74) is 3.69. The van der Waals surface area contributed by atoms with Crippen molar-refractivity contribution in [1.29, 1.82) is 0 Å². The Labute approximate surface area is 123 Å². The molecule has 1 N–H and O–H groups in total. The molecule has 0 saturated heterocycles. The van der Waals surface area contributed by atoms with Crippen molar-refractivity contribution in [2.75, 3.05) is 24.5 Å². The molecular formula is C16H19FN2S. The largest absolute Gasteiger partial charge is 0.370 e. The van der Waals surface area contributed by atoms with Crippen LogP contribution in [0.5, 0.6) is 0 Å². The van der Waals surface area contributed by atoms with Crippen molar-refractivity contribution in [1.82, 2.24) is 5.32 Å². The summed E-state index contributed by atoms with van der Waals surface area (Å²) in [5, 5.41) is 5.61. The first kappa shape index (κ1) is 13.6. The highest BCUT2D eigenvalue weighted by Gasteiger charge is 2.18. The van der Waals surface area contributed by atoms with Gasteiger partial charge < -0.3 is 10.2 Å². The number of hydrogen-bond acceptors (Lipinski definition) is 3. The number of hydrogen-bond donors (Lipinski definition) is 1. The normalized spacial score (nSPS) is 13.8. The zero-order valence-corrected chi connectivity index (χ0v) is 12.5. The summed E-state index contributed by atoms with van der Waals surface area (Å²) in [6.45, 7) is 5.92. The fraction of sp³-hybridized carbons (Fsp3) is 0.375. The van der Waals surface area contributed by atoms with Crippen LogP contribution in [0.25, 0.3) is 0 Å². The fourth-order valence-corrected chi connectivity index (χ4v) is 3.53. The molecule has 0 radical (unpaired) electrons. The van der Waals surface area contributed by atoms with E-state index in [9.17, 15) is 4.39 Å². The number of halogens is 1. The Morgan fingerprint density at radius 3 is 3.05 bits per heavy atom. The Bertz CT molecular complexity index is 594. The monoisotopic (exact) mass is 290 g/mol. The van der Waals surface area contributed by atoms with Crippen molar-refractivity contribution in [3.63, 3.8) is 0 Å². The molecule has 106 valence electrons. The standard InChI is InChI=1S/C16H19FN2S/c1-12-5-9-20-16(12)11-18-6-8-19-7-4-13-2-3-14(17)10-15(13)19/h2-3,5,9-10,18H,4,6-8,11H2,1H3. The molecule has 0 saturated carbocycles. The van der Waals surface area contributed by atoms with E-state index in [0.29, 0.717) is 0 Å². The van der Waals surface area contributed by atoms with Gasteiger partial charge in [0, 0.05) is 36.7 Å². The molecule has 0 fully saturated rings. The van der Waals surface area contributed by atoms with Gasteiger partial charge in [-0.2, -0.15) is 0 Å². The molecule has 1 aliphatic rings. The van der Waals surface area contributed by atoms with E-state index < -0.39 is 0 Å². The van der Waals surface area contributed by atoms with Crippen LogP contribution in [0, 0.1) is 12.7 Å². The van der Waals surface area contributed by atoms with Gasteiger partial charge >= 0.3 is 0 Å². The highest BCUT2D eigenvalue weighted by molar-refractivity contribution is 7.10. The van der Waals surface area contributed by atoms with Gasteiger partial charge in [-0.3, -0.25) is 0 Å². The number of rotatable bonds is 5. The van der Waals surface area contributed by atoms with Gasteiger partial charge in [-0.25, -0.2) is 4.39 Å². The Morgan fingerprint density at radius 1 is 1.35 bits per heavy atom. The molecule has 0 unspecified atom stereocenters. The van der Waals surface area contributed by atoms with E-state index in [1.165, 1.54) is 16.0 Å². The lowest BCUT2D eigenvalue weighted by Crippen LogP contribution is -2.30. The first-order valence-corrected chi connectivity index (χ1v) is 7.89. The van der Waals surface area contributed by atoms with Gasteiger partial charge in [0.2, 0.25) is 0 Å². The van der Waals surface area contributed by atoms with Crippen molar-refractivity contribution >= 4 is 17.0 Å². The molecule has 1 aliphatic heterocycles. The Morgan fingerprint density at radius 2 is 2.25 bits per heavy atom. The minimum Gasteiger partial charge on any atom is -0.370 e. The highest BCUT2D eigenvalue weighted by atomic mass is 32.1. The van der Waals surface area contributed by atoms with E-state index in [0.717, 1.165) is 38.3 Å². The van der Waals surface area contributed by atoms with Crippen LogP contribution in [0.2, 0.25) is 0 Å². The number of nitrogens with one attached hydrogen (secondary N) is 1. The first-order valence-electron chi connectivity index (χ1n) is 7.01. The van der Waals surface area contributed by atoms with E-state index in [4.69, 9.17) is 0 Å². The molecule has 1 aromatic carbocycles. The quantitative estimate of drug-likeness (QED) is 0.850. The average molecular weight is 290 g/mol. The average Bonchev–Trinajstić information content (AvgIpc) is 3.01. The number of fused-ring (bicyclic) bond motifs is 1. The van der Waals surface area contributed by atoms with E-state index in [2.05, 4.69) is 28.6 Å². The topological polar surface area (TPSA) is 15.3 Å². The Balaban J connectivity index is 1.51. The number of nitrogens with zero attached hydrogens (tertiary/aromatic N) is 1. The smallest absolute Gasteiger partial charge is 0.125 e. The van der Waals surface area contributed by atoms with Crippen LogP contribution >= 0.6 is 11.3 Å². The van der Waals surface area contributed by atoms with Crippen LogP contribution < -0.4 is 10.2 Å². The molecule has 3 rings (SSSR count). The maximum Gasteiger partial charge on any atom is 0.125 e. The van der Waals surface area contributed by atoms with Crippen molar-refractivity contribution in [2.45, 2.75) is 19.9 Å². The van der Waals surface area contributed by atoms with Gasteiger partial charge in [0.1, 0.15) is 5.82 Å². The second kappa shape index (κ2) is 5.94. The second-order valence-corrected chi connectivity index (χ2v) is 6.21. The molecule has 0 bridgehead atoms. The molecule has 4 heteroatoms. The predicted octanol–water partition coefficient (Wildman–Crippen LogP) is 3.35. The summed E-state index contributed by atoms with van der Waals surface area (Å²) >= 11 is 1.80. The fourth-order valence-electron chi connectivity index (χ4n) is 2.65. The van der Waals surface area contributed by atoms with Gasteiger partial charge in [-0.1, -0.05) is 6.07 Å². The van der Waals surface area contributed by atoms with Gasteiger partial charge in [-0.15, -0.1) is 11.3 Å². The van der Waals surface area contributed by atoms with E-state index in [1.807, 2.05) is 6.07 Å². The molecule has 0 amide bonds. The van der Waals surface area contributed by atoms with Crippen LogP contribution in [0.1, 0.15) is 16.0 Å². The molecule has 0 spiro atoms. The number of anilines is 1. The summed E-state index contributed by atoms with van der Waals surface area (Å²) < 4.78 is 13.3. The summed E-state index contributed by atoms with van der Waals surface area (Å²) in [5.74, 6) is -0.141. The molecule has 1 aromatic heterocycles. The van der Waals surface area contributed by atoms with Gasteiger partial charge in [-0.05, 0) is 48.1 Å². The second-order valence-electron chi connectivity index (χ2n) is 5.21. The minimum absolute atomic E-state index is 0.141. The lowest BCUT2D eigenvalue weighted by Gasteiger charge is -2.19. The zero-order valence-electron chi connectivity index (χ0n) is 11.7. The van der Waals surface area contributed by atoms with Crippen molar-refractivity contribution in [3.8, 4) is 0 Å². The molecular weight excluding hydrogens is 271 g/mol. The molecule has 0 atom stereocenters. The van der Waals surface area contributed by atoms with E-state index in [1.54, 1.807) is 23.5 Å². The maximum absolute atomic E-state index is 13.3. The van der Waals surface area contributed by atoms with Crippen LogP contribution in [0.15, 0.2) is 29.6 Å². The van der Waals surface area contributed by atoms with Crippen LogP contribution in [-0.4, -0.2) is 19.6 Å². The van der Waals surface area contributed by atoms with Gasteiger partial charge in [0.25, 0.3) is 0 Å². The lowest BCUT2D eigenvalue weighted by atomic mass is 10.2. The summed E-state index contributed by atoms with van der Waals surface area (Å²) in [6, 6.07) is 7.28. The number of benzene rings is 1. The third-order valence-corrected chi connectivity index (χ3v) is 4.87. The Hall–Kier alpha value is -1.39. The molecule has 0 aliphatic carbocycles. The van der Waals surface area contributed by atoms with Crippen molar-refractivity contribution in [3.05, 3.63) is 51.5 Å². The van der Waals surface area contributed by atoms with Crippen molar-refractivity contribution in [2.24, 2.45) is 0 Å². The van der Waals surface area contributed by atoms with E-state index >= 15 is 0 Å².